The fourth-order valence-electron chi connectivity index (χ4n) is 3.45. The average Bonchev–Trinajstić information content (AvgIpc) is 2.79. The number of nitrogens with zero attached hydrogens (tertiary/aromatic N) is 3. The Kier molecular flexibility index (Phi) is 11.3. The van der Waals surface area contributed by atoms with Crippen LogP contribution >= 0.6 is 0 Å². The van der Waals surface area contributed by atoms with Crippen molar-refractivity contribution >= 4 is 11.8 Å². The first-order valence-electron chi connectivity index (χ1n) is 11.7. The zero-order valence-electron chi connectivity index (χ0n) is 21.2. The third kappa shape index (κ3) is 11.9. The Bertz CT molecular complexity index is 1090. The molecule has 0 unspecified atom stereocenters. The van der Waals surface area contributed by atoms with Crippen LogP contribution in [0, 0.1) is 5.82 Å². The van der Waals surface area contributed by atoms with E-state index >= 15 is 0 Å². The molecule has 1 fully saturated rings. The molecule has 0 saturated carbocycles. The minimum absolute atomic E-state index is 0.0681. The largest absolute Gasteiger partial charge is 0.573 e. The highest BCUT2D eigenvalue weighted by Crippen LogP contribution is 2.26. The number of benzene rings is 1. The molecule has 1 aromatic rings. The molecule has 0 aliphatic carbocycles. The third-order valence-corrected chi connectivity index (χ3v) is 5.21. The SMILES string of the molecule is N/C(=C\N(N)CCCCN(N)/C=C(\N)NC(=O)CN1CC(F)(F)C1)C(=O)NCc1cc(OC(F)(F)F)ccc1F. The van der Waals surface area contributed by atoms with Crippen LogP contribution in [0.4, 0.5) is 26.3 Å². The fourth-order valence-corrected chi connectivity index (χ4v) is 3.45. The van der Waals surface area contributed by atoms with E-state index in [0.717, 1.165) is 29.4 Å². The molecule has 1 heterocycles. The van der Waals surface area contributed by atoms with Crippen molar-refractivity contribution in [3.8, 4) is 5.75 Å². The standard InChI is InChI=1S/C22H31F6N9O3/c23-16-4-3-15(40-22(26,27)28)7-14(16)8-33-20(39)17(29)9-36(31)5-1-2-6-37(32)10-18(30)34-19(38)11-35-12-21(24,25)13-35/h3-4,7,9-10H,1-2,5-6,8,11-13,29-32H2,(H,33,39)(H,34,38)/b17-9-,18-10+. The predicted molar refractivity (Wildman–Crippen MR) is 130 cm³/mol. The highest BCUT2D eigenvalue weighted by atomic mass is 19.4. The Labute approximate surface area is 225 Å². The van der Waals surface area contributed by atoms with Crippen LogP contribution in [0.2, 0.25) is 0 Å². The Hall–Kier alpha value is -3.90. The van der Waals surface area contributed by atoms with E-state index in [0.29, 0.717) is 19.4 Å². The molecule has 2 rings (SSSR count). The molecule has 18 heteroatoms. The summed E-state index contributed by atoms with van der Waals surface area (Å²) in [7, 11) is 0. The topological polar surface area (TPSA) is 181 Å². The van der Waals surface area contributed by atoms with Crippen LogP contribution in [0.3, 0.4) is 0 Å². The molecule has 224 valence electrons. The van der Waals surface area contributed by atoms with E-state index in [1.807, 2.05) is 0 Å². The quantitative estimate of drug-likeness (QED) is 0.0578. The normalized spacial score (nSPS) is 15.7. The molecule has 0 bridgehead atoms. The van der Waals surface area contributed by atoms with Crippen LogP contribution in [0.1, 0.15) is 18.4 Å². The van der Waals surface area contributed by atoms with Gasteiger partial charge in [-0.2, -0.15) is 0 Å². The number of alkyl halides is 5. The number of carbonyl (C=O) groups is 2. The van der Waals surface area contributed by atoms with Crippen molar-refractivity contribution in [1.29, 1.82) is 0 Å². The molecule has 40 heavy (non-hydrogen) atoms. The van der Waals surface area contributed by atoms with Crippen LogP contribution < -0.4 is 38.5 Å². The lowest BCUT2D eigenvalue weighted by Gasteiger charge is -2.37. The second kappa shape index (κ2) is 13.9. The van der Waals surface area contributed by atoms with E-state index in [4.69, 9.17) is 23.2 Å². The number of ether oxygens (including phenoxy) is 1. The maximum Gasteiger partial charge on any atom is 0.573 e. The van der Waals surface area contributed by atoms with E-state index in [1.54, 1.807) is 0 Å². The summed E-state index contributed by atoms with van der Waals surface area (Å²) < 4.78 is 80.3. The van der Waals surface area contributed by atoms with Crippen LogP contribution in [0.5, 0.6) is 5.75 Å². The van der Waals surface area contributed by atoms with Gasteiger partial charge >= 0.3 is 6.36 Å². The molecule has 0 radical (unpaired) electrons. The number of halogens is 6. The molecule has 0 aromatic heterocycles. The summed E-state index contributed by atoms with van der Waals surface area (Å²) in [5.74, 6) is 5.83. The van der Waals surface area contributed by atoms with Crippen LogP contribution in [0.15, 0.2) is 42.1 Å². The lowest BCUT2D eigenvalue weighted by molar-refractivity contribution is -0.274. The molecule has 12 nitrogen and oxygen atoms in total. The van der Waals surface area contributed by atoms with Crippen molar-refractivity contribution < 1.29 is 40.7 Å². The Morgan fingerprint density at radius 1 is 1.07 bits per heavy atom. The van der Waals surface area contributed by atoms with E-state index in [9.17, 15) is 35.9 Å². The number of hydrazine groups is 2. The van der Waals surface area contributed by atoms with Crippen molar-refractivity contribution in [2.45, 2.75) is 31.7 Å². The van der Waals surface area contributed by atoms with E-state index in [1.165, 1.54) is 16.1 Å². The van der Waals surface area contributed by atoms with Gasteiger partial charge in [-0.25, -0.2) is 24.9 Å². The van der Waals surface area contributed by atoms with Gasteiger partial charge in [0.1, 0.15) is 23.1 Å². The zero-order chi connectivity index (χ0) is 30.1. The fraction of sp³-hybridized carbons (Fsp3) is 0.455. The van der Waals surface area contributed by atoms with Crippen molar-refractivity contribution in [2.75, 3.05) is 32.7 Å². The van der Waals surface area contributed by atoms with Crippen LogP contribution in [0.25, 0.3) is 0 Å². The number of nitrogens with two attached hydrogens (primary N) is 4. The van der Waals surface area contributed by atoms with Gasteiger partial charge in [0.25, 0.3) is 11.8 Å². The maximum atomic E-state index is 13.9. The van der Waals surface area contributed by atoms with Gasteiger partial charge in [0.2, 0.25) is 5.91 Å². The number of amides is 2. The first-order chi connectivity index (χ1) is 18.5. The van der Waals surface area contributed by atoms with Crippen molar-refractivity contribution in [1.82, 2.24) is 25.6 Å². The molecule has 0 atom stereocenters. The number of rotatable bonds is 14. The predicted octanol–water partition coefficient (Wildman–Crippen LogP) is 0.0969. The highest BCUT2D eigenvalue weighted by Gasteiger charge is 2.44. The van der Waals surface area contributed by atoms with Crippen LogP contribution in [-0.2, 0) is 16.1 Å². The number of hydrogen-bond donors (Lipinski definition) is 6. The Morgan fingerprint density at radius 2 is 1.68 bits per heavy atom. The van der Waals surface area contributed by atoms with Crippen molar-refractivity contribution in [3.05, 3.63) is 53.5 Å². The van der Waals surface area contributed by atoms with Gasteiger partial charge in [0.15, 0.2) is 0 Å². The lowest BCUT2D eigenvalue weighted by atomic mass is 10.1. The summed E-state index contributed by atoms with van der Waals surface area (Å²) >= 11 is 0. The van der Waals surface area contributed by atoms with Crippen molar-refractivity contribution in [2.24, 2.45) is 23.2 Å². The number of likely N-dealkylation sites (tertiary alicyclic amines) is 1. The van der Waals surface area contributed by atoms with Gasteiger partial charge in [-0.3, -0.25) is 14.5 Å². The van der Waals surface area contributed by atoms with E-state index < -0.39 is 55.3 Å². The van der Waals surface area contributed by atoms with Crippen LogP contribution in [-0.4, -0.2) is 71.7 Å². The van der Waals surface area contributed by atoms with Gasteiger partial charge in [-0.05, 0) is 31.0 Å². The minimum atomic E-state index is -4.96. The second-order valence-electron chi connectivity index (χ2n) is 8.88. The number of hydrogen-bond acceptors (Lipinski definition) is 10. The third-order valence-electron chi connectivity index (χ3n) is 5.21. The lowest BCUT2D eigenvalue weighted by Crippen LogP contribution is -2.58. The molecule has 1 aliphatic heterocycles. The first-order valence-corrected chi connectivity index (χ1v) is 11.7. The smallest absolute Gasteiger partial charge is 0.406 e. The van der Waals surface area contributed by atoms with Gasteiger partial charge < -0.3 is 36.9 Å². The number of nitrogens with one attached hydrogen (secondary N) is 2. The minimum Gasteiger partial charge on any atom is -0.406 e. The monoisotopic (exact) mass is 583 g/mol. The van der Waals surface area contributed by atoms with E-state index in [-0.39, 0.29) is 30.2 Å². The molecule has 0 spiro atoms. The van der Waals surface area contributed by atoms with Gasteiger partial charge in [-0.15, -0.1) is 13.2 Å². The molecular weight excluding hydrogens is 552 g/mol. The first kappa shape index (κ1) is 32.3. The molecule has 1 aromatic carbocycles. The Morgan fingerprint density at radius 3 is 2.25 bits per heavy atom. The summed E-state index contributed by atoms with van der Waals surface area (Å²) in [6.07, 6.45) is -1.59. The summed E-state index contributed by atoms with van der Waals surface area (Å²) in [5, 5.41) is 6.95. The van der Waals surface area contributed by atoms with Gasteiger partial charge in [0.05, 0.1) is 25.8 Å². The van der Waals surface area contributed by atoms with E-state index in [2.05, 4.69) is 15.4 Å². The Balaban J connectivity index is 1.69. The molecule has 2 amide bonds. The summed E-state index contributed by atoms with van der Waals surface area (Å²) in [6.45, 7) is -1.13. The highest BCUT2D eigenvalue weighted by molar-refractivity contribution is 5.92. The zero-order valence-corrected chi connectivity index (χ0v) is 21.2. The van der Waals surface area contributed by atoms with Crippen molar-refractivity contribution in [3.63, 3.8) is 0 Å². The summed E-state index contributed by atoms with van der Waals surface area (Å²) in [6, 6.07) is 2.36. The van der Waals surface area contributed by atoms with Gasteiger partial charge in [0, 0.05) is 31.4 Å². The summed E-state index contributed by atoms with van der Waals surface area (Å²) in [5.41, 5.74) is 10.8. The number of carbonyl (C=O) groups excluding carboxylic acids is 2. The summed E-state index contributed by atoms with van der Waals surface area (Å²) in [4.78, 5) is 25.2. The molecule has 10 N–H and O–H groups in total. The van der Waals surface area contributed by atoms with Gasteiger partial charge in [-0.1, -0.05) is 0 Å². The number of unbranched alkanes of at least 4 members (excludes halogenated alkanes) is 1. The molecule has 1 saturated heterocycles. The second-order valence-corrected chi connectivity index (χ2v) is 8.88. The molecule has 1 aliphatic rings. The average molecular weight is 584 g/mol. The molecular formula is C22H31F6N9O3. The maximum absolute atomic E-state index is 13.9.